The quantitative estimate of drug-likeness (QED) is 0.859. The van der Waals surface area contributed by atoms with Crippen molar-refractivity contribution >= 4 is 11.8 Å². The SMILES string of the molecule is CSc1ccc(-c2cnc(COC3CCNCC3)cn2)cc1. The molecule has 22 heavy (non-hydrogen) atoms. The predicted molar refractivity (Wildman–Crippen MR) is 89.9 cm³/mol. The Kier molecular flexibility index (Phi) is 5.43. The smallest absolute Gasteiger partial charge is 0.0907 e. The van der Waals surface area contributed by atoms with Gasteiger partial charge in [0.15, 0.2) is 0 Å². The molecule has 1 aromatic carbocycles. The first-order valence-corrected chi connectivity index (χ1v) is 8.85. The molecule has 0 spiro atoms. The van der Waals surface area contributed by atoms with Gasteiger partial charge in [0.2, 0.25) is 0 Å². The van der Waals surface area contributed by atoms with Crippen LogP contribution in [0.5, 0.6) is 0 Å². The summed E-state index contributed by atoms with van der Waals surface area (Å²) in [5.41, 5.74) is 2.89. The molecule has 0 aliphatic carbocycles. The van der Waals surface area contributed by atoms with E-state index in [1.165, 1.54) is 4.90 Å². The van der Waals surface area contributed by atoms with Gasteiger partial charge in [0.25, 0.3) is 0 Å². The van der Waals surface area contributed by atoms with Crippen LogP contribution >= 0.6 is 11.8 Å². The Morgan fingerprint density at radius 1 is 1.14 bits per heavy atom. The molecule has 0 amide bonds. The Labute approximate surface area is 135 Å². The van der Waals surface area contributed by atoms with Gasteiger partial charge in [-0.3, -0.25) is 9.97 Å². The molecule has 1 saturated heterocycles. The second kappa shape index (κ2) is 7.72. The second-order valence-electron chi connectivity index (χ2n) is 5.38. The van der Waals surface area contributed by atoms with E-state index in [0.29, 0.717) is 12.7 Å². The zero-order valence-corrected chi connectivity index (χ0v) is 13.6. The van der Waals surface area contributed by atoms with E-state index < -0.39 is 0 Å². The zero-order valence-electron chi connectivity index (χ0n) is 12.8. The van der Waals surface area contributed by atoms with Crippen molar-refractivity contribution in [2.45, 2.75) is 30.4 Å². The first-order valence-electron chi connectivity index (χ1n) is 7.63. The van der Waals surface area contributed by atoms with Crippen LogP contribution in [0.15, 0.2) is 41.6 Å². The minimum Gasteiger partial charge on any atom is -0.372 e. The minimum atomic E-state index is 0.349. The molecule has 0 bridgehead atoms. The fourth-order valence-electron chi connectivity index (χ4n) is 2.51. The van der Waals surface area contributed by atoms with Gasteiger partial charge in [-0.05, 0) is 44.3 Å². The van der Waals surface area contributed by atoms with Crippen LogP contribution in [0.3, 0.4) is 0 Å². The van der Waals surface area contributed by atoms with Crippen LogP contribution < -0.4 is 5.32 Å². The highest BCUT2D eigenvalue weighted by Gasteiger charge is 2.13. The average Bonchev–Trinajstić information content (AvgIpc) is 2.61. The molecule has 1 aliphatic heterocycles. The third-order valence-corrected chi connectivity index (χ3v) is 4.59. The van der Waals surface area contributed by atoms with E-state index >= 15 is 0 Å². The monoisotopic (exact) mass is 315 g/mol. The molecule has 2 heterocycles. The molecular weight excluding hydrogens is 294 g/mol. The molecule has 0 unspecified atom stereocenters. The first kappa shape index (κ1) is 15.5. The normalized spacial score (nSPS) is 15.9. The van der Waals surface area contributed by atoms with Crippen molar-refractivity contribution in [3.05, 3.63) is 42.4 Å². The largest absolute Gasteiger partial charge is 0.372 e. The van der Waals surface area contributed by atoms with Crippen molar-refractivity contribution in [1.29, 1.82) is 0 Å². The van der Waals surface area contributed by atoms with E-state index in [2.05, 4.69) is 45.8 Å². The Morgan fingerprint density at radius 3 is 2.55 bits per heavy atom. The van der Waals surface area contributed by atoms with Crippen LogP contribution in [0.4, 0.5) is 0 Å². The molecule has 0 atom stereocenters. The molecule has 1 aromatic heterocycles. The van der Waals surface area contributed by atoms with Crippen molar-refractivity contribution in [3.63, 3.8) is 0 Å². The molecule has 0 saturated carbocycles. The van der Waals surface area contributed by atoms with Crippen LogP contribution in [0, 0.1) is 0 Å². The number of thioether (sulfide) groups is 1. The van der Waals surface area contributed by atoms with E-state index in [-0.39, 0.29) is 0 Å². The standard InChI is InChI=1S/C17H21N3OS/c1-22-16-4-2-13(3-5-16)17-11-19-14(10-20-17)12-21-15-6-8-18-9-7-15/h2-5,10-11,15,18H,6-9,12H2,1H3. The van der Waals surface area contributed by atoms with Gasteiger partial charge >= 0.3 is 0 Å². The van der Waals surface area contributed by atoms with Crippen LogP contribution in [0.2, 0.25) is 0 Å². The summed E-state index contributed by atoms with van der Waals surface area (Å²) in [6, 6.07) is 8.38. The molecule has 0 radical (unpaired) electrons. The lowest BCUT2D eigenvalue weighted by Crippen LogP contribution is -2.32. The Hall–Kier alpha value is -1.43. The van der Waals surface area contributed by atoms with Crippen molar-refractivity contribution in [3.8, 4) is 11.3 Å². The van der Waals surface area contributed by atoms with E-state index in [0.717, 1.165) is 42.9 Å². The molecule has 1 N–H and O–H groups in total. The van der Waals surface area contributed by atoms with Gasteiger partial charge in [-0.15, -0.1) is 11.8 Å². The van der Waals surface area contributed by atoms with E-state index in [1.807, 2.05) is 12.4 Å². The predicted octanol–water partition coefficient (Wildman–Crippen LogP) is 3.13. The summed E-state index contributed by atoms with van der Waals surface area (Å²) in [4.78, 5) is 10.2. The zero-order chi connectivity index (χ0) is 15.2. The molecule has 4 nitrogen and oxygen atoms in total. The van der Waals surface area contributed by atoms with Gasteiger partial charge in [0.1, 0.15) is 0 Å². The topological polar surface area (TPSA) is 47.0 Å². The molecular formula is C17H21N3OS. The number of benzene rings is 1. The van der Waals surface area contributed by atoms with Crippen molar-refractivity contribution in [1.82, 2.24) is 15.3 Å². The van der Waals surface area contributed by atoms with E-state index in [1.54, 1.807) is 11.8 Å². The number of piperidine rings is 1. The van der Waals surface area contributed by atoms with Crippen molar-refractivity contribution < 1.29 is 4.74 Å². The number of nitrogens with zero attached hydrogens (tertiary/aromatic N) is 2. The van der Waals surface area contributed by atoms with E-state index in [4.69, 9.17) is 4.74 Å². The van der Waals surface area contributed by atoms with Crippen LogP contribution in [0.1, 0.15) is 18.5 Å². The number of hydrogen-bond donors (Lipinski definition) is 1. The number of aromatic nitrogens is 2. The second-order valence-corrected chi connectivity index (χ2v) is 6.26. The third-order valence-electron chi connectivity index (χ3n) is 3.84. The van der Waals surface area contributed by atoms with Gasteiger partial charge in [-0.2, -0.15) is 0 Å². The van der Waals surface area contributed by atoms with E-state index in [9.17, 15) is 0 Å². The number of ether oxygens (including phenoxy) is 1. The number of hydrogen-bond acceptors (Lipinski definition) is 5. The lowest BCUT2D eigenvalue weighted by molar-refractivity contribution is 0.0194. The molecule has 1 fully saturated rings. The molecule has 1 aliphatic rings. The minimum absolute atomic E-state index is 0.349. The Balaban J connectivity index is 1.59. The summed E-state index contributed by atoms with van der Waals surface area (Å²) >= 11 is 1.74. The fraction of sp³-hybridized carbons (Fsp3) is 0.412. The maximum atomic E-state index is 5.90. The van der Waals surface area contributed by atoms with Crippen LogP contribution in [-0.4, -0.2) is 35.4 Å². The summed E-state index contributed by atoms with van der Waals surface area (Å²) in [5, 5.41) is 3.34. The van der Waals surface area contributed by atoms with Gasteiger partial charge in [-0.1, -0.05) is 12.1 Å². The first-order chi connectivity index (χ1) is 10.8. The Morgan fingerprint density at radius 2 is 1.91 bits per heavy atom. The molecule has 5 heteroatoms. The number of rotatable bonds is 5. The average molecular weight is 315 g/mol. The summed E-state index contributed by atoms with van der Waals surface area (Å²) in [5.74, 6) is 0. The maximum Gasteiger partial charge on any atom is 0.0907 e. The highest BCUT2D eigenvalue weighted by Crippen LogP contribution is 2.21. The highest BCUT2D eigenvalue weighted by atomic mass is 32.2. The fourth-order valence-corrected chi connectivity index (χ4v) is 2.91. The summed E-state index contributed by atoms with van der Waals surface area (Å²) in [6.45, 7) is 2.63. The Bertz CT molecular complexity index is 580. The lowest BCUT2D eigenvalue weighted by atomic mass is 10.1. The lowest BCUT2D eigenvalue weighted by Gasteiger charge is -2.22. The maximum absolute atomic E-state index is 5.90. The highest BCUT2D eigenvalue weighted by molar-refractivity contribution is 7.98. The van der Waals surface area contributed by atoms with Crippen molar-refractivity contribution in [2.24, 2.45) is 0 Å². The molecule has 3 rings (SSSR count). The summed E-state index contributed by atoms with van der Waals surface area (Å²) in [6.07, 6.45) is 8.22. The molecule has 2 aromatic rings. The van der Waals surface area contributed by atoms with Gasteiger partial charge < -0.3 is 10.1 Å². The van der Waals surface area contributed by atoms with Crippen LogP contribution in [-0.2, 0) is 11.3 Å². The van der Waals surface area contributed by atoms with Gasteiger partial charge in [0.05, 0.1) is 36.5 Å². The molecule has 116 valence electrons. The van der Waals surface area contributed by atoms with Crippen molar-refractivity contribution in [2.75, 3.05) is 19.3 Å². The third kappa shape index (κ3) is 4.06. The summed E-state index contributed by atoms with van der Waals surface area (Å²) < 4.78 is 5.90. The number of nitrogens with one attached hydrogen (secondary N) is 1. The van der Waals surface area contributed by atoms with Gasteiger partial charge in [-0.25, -0.2) is 0 Å². The summed E-state index contributed by atoms with van der Waals surface area (Å²) in [7, 11) is 0. The van der Waals surface area contributed by atoms with Crippen LogP contribution in [0.25, 0.3) is 11.3 Å². The van der Waals surface area contributed by atoms with Gasteiger partial charge in [0, 0.05) is 10.5 Å².